The summed E-state index contributed by atoms with van der Waals surface area (Å²) in [4.78, 5) is 13.2. The van der Waals surface area contributed by atoms with Crippen LogP contribution in [0.1, 0.15) is 37.2 Å². The maximum absolute atomic E-state index is 4.66. The molecule has 0 spiro atoms. The SMILES string of the molecule is Cc1nccc(CN=C2NC3CCCCC3CS2)n1. The van der Waals surface area contributed by atoms with Crippen LogP contribution in [0, 0.1) is 12.8 Å². The molecule has 0 aromatic carbocycles. The summed E-state index contributed by atoms with van der Waals surface area (Å²) in [6, 6.07) is 2.59. The Bertz CT molecular complexity index is 474. The first-order valence-electron chi connectivity index (χ1n) is 7.03. The monoisotopic (exact) mass is 276 g/mol. The molecule has 1 N–H and O–H groups in total. The van der Waals surface area contributed by atoms with Gasteiger partial charge in [0, 0.05) is 18.0 Å². The van der Waals surface area contributed by atoms with Gasteiger partial charge < -0.3 is 5.32 Å². The van der Waals surface area contributed by atoms with E-state index in [4.69, 9.17) is 0 Å². The van der Waals surface area contributed by atoms with Crippen molar-refractivity contribution in [3.63, 3.8) is 0 Å². The molecular formula is C14H20N4S. The van der Waals surface area contributed by atoms with Crippen LogP contribution in [-0.4, -0.2) is 26.9 Å². The molecule has 0 bridgehead atoms. The van der Waals surface area contributed by atoms with Gasteiger partial charge in [0.2, 0.25) is 0 Å². The standard InChI is InChI=1S/C14H20N4S/c1-10-15-7-6-12(17-10)8-16-14-18-13-5-3-2-4-11(13)9-19-14/h6-7,11,13H,2-5,8-9H2,1H3,(H,16,18). The van der Waals surface area contributed by atoms with Crippen molar-refractivity contribution >= 4 is 16.9 Å². The molecule has 1 aliphatic heterocycles. The van der Waals surface area contributed by atoms with Gasteiger partial charge in [0.05, 0.1) is 12.2 Å². The summed E-state index contributed by atoms with van der Waals surface area (Å²) >= 11 is 1.87. The summed E-state index contributed by atoms with van der Waals surface area (Å²) in [5, 5.41) is 4.71. The second-order valence-corrected chi connectivity index (χ2v) is 6.33. The molecule has 2 heterocycles. The first kappa shape index (κ1) is 12.9. The van der Waals surface area contributed by atoms with Crippen molar-refractivity contribution in [2.75, 3.05) is 5.75 Å². The quantitative estimate of drug-likeness (QED) is 0.902. The van der Waals surface area contributed by atoms with Gasteiger partial charge in [-0.2, -0.15) is 0 Å². The molecule has 0 radical (unpaired) electrons. The van der Waals surface area contributed by atoms with Crippen molar-refractivity contribution in [1.29, 1.82) is 0 Å². The molecule has 0 amide bonds. The molecule has 1 saturated carbocycles. The zero-order valence-corrected chi connectivity index (χ0v) is 12.1. The molecule has 102 valence electrons. The van der Waals surface area contributed by atoms with Gasteiger partial charge in [-0.15, -0.1) is 0 Å². The van der Waals surface area contributed by atoms with E-state index in [0.29, 0.717) is 12.6 Å². The summed E-state index contributed by atoms with van der Waals surface area (Å²) in [6.07, 6.45) is 7.24. The fourth-order valence-corrected chi connectivity index (χ4v) is 3.98. The Balaban J connectivity index is 1.61. The number of hydrogen-bond donors (Lipinski definition) is 1. The van der Waals surface area contributed by atoms with E-state index in [1.807, 2.05) is 24.8 Å². The smallest absolute Gasteiger partial charge is 0.157 e. The van der Waals surface area contributed by atoms with Gasteiger partial charge in [-0.05, 0) is 31.7 Å². The van der Waals surface area contributed by atoms with Gasteiger partial charge in [0.1, 0.15) is 5.82 Å². The average molecular weight is 276 g/mol. The lowest BCUT2D eigenvalue weighted by atomic mass is 9.86. The molecule has 1 aromatic rings. The Kier molecular flexibility index (Phi) is 4.01. The third kappa shape index (κ3) is 3.26. The van der Waals surface area contributed by atoms with Crippen molar-refractivity contribution in [2.24, 2.45) is 10.9 Å². The number of amidine groups is 1. The Labute approximate surface area is 118 Å². The number of nitrogens with zero attached hydrogens (tertiary/aromatic N) is 3. The van der Waals surface area contributed by atoms with E-state index in [1.165, 1.54) is 31.4 Å². The topological polar surface area (TPSA) is 50.2 Å². The number of hydrogen-bond acceptors (Lipinski definition) is 4. The molecule has 5 heteroatoms. The fourth-order valence-electron chi connectivity index (χ4n) is 2.82. The Morgan fingerprint density at radius 3 is 3.21 bits per heavy atom. The third-order valence-electron chi connectivity index (χ3n) is 3.87. The molecule has 2 aliphatic rings. The maximum atomic E-state index is 4.66. The van der Waals surface area contributed by atoms with Gasteiger partial charge in [-0.1, -0.05) is 24.6 Å². The highest BCUT2D eigenvalue weighted by Gasteiger charge is 2.30. The van der Waals surface area contributed by atoms with Gasteiger partial charge in [-0.3, -0.25) is 4.99 Å². The molecule has 4 nitrogen and oxygen atoms in total. The van der Waals surface area contributed by atoms with Gasteiger partial charge in [0.25, 0.3) is 0 Å². The fraction of sp³-hybridized carbons (Fsp3) is 0.643. The van der Waals surface area contributed by atoms with Crippen LogP contribution in [0.25, 0.3) is 0 Å². The largest absolute Gasteiger partial charge is 0.362 e. The number of aromatic nitrogens is 2. The van der Waals surface area contributed by atoms with Gasteiger partial charge >= 0.3 is 0 Å². The predicted octanol–water partition coefficient (Wildman–Crippen LogP) is 2.54. The number of thioether (sulfide) groups is 1. The highest BCUT2D eigenvalue weighted by molar-refractivity contribution is 8.13. The minimum Gasteiger partial charge on any atom is -0.362 e. The third-order valence-corrected chi connectivity index (χ3v) is 4.99. The van der Waals surface area contributed by atoms with Crippen LogP contribution in [-0.2, 0) is 6.54 Å². The Morgan fingerprint density at radius 1 is 1.42 bits per heavy atom. The van der Waals surface area contributed by atoms with Crippen LogP contribution < -0.4 is 5.32 Å². The number of fused-ring (bicyclic) bond motifs is 1. The van der Waals surface area contributed by atoms with E-state index in [2.05, 4.69) is 20.3 Å². The lowest BCUT2D eigenvalue weighted by Crippen LogP contribution is -2.46. The highest BCUT2D eigenvalue weighted by Crippen LogP contribution is 2.31. The number of aliphatic imine (C=N–C) groups is 1. The number of aryl methyl sites for hydroxylation is 1. The minimum absolute atomic E-state index is 0.649. The van der Waals surface area contributed by atoms with Crippen LogP contribution in [0.3, 0.4) is 0 Å². The summed E-state index contributed by atoms with van der Waals surface area (Å²) in [5.41, 5.74) is 0.994. The highest BCUT2D eigenvalue weighted by atomic mass is 32.2. The van der Waals surface area contributed by atoms with Gasteiger partial charge in [-0.25, -0.2) is 9.97 Å². The molecular weight excluding hydrogens is 256 g/mol. The van der Waals surface area contributed by atoms with Gasteiger partial charge in [0.15, 0.2) is 5.17 Å². The molecule has 2 unspecified atom stereocenters. The summed E-state index contributed by atoms with van der Waals surface area (Å²) in [6.45, 7) is 2.56. The summed E-state index contributed by atoms with van der Waals surface area (Å²) < 4.78 is 0. The Morgan fingerprint density at radius 2 is 2.32 bits per heavy atom. The van der Waals surface area contributed by atoms with E-state index in [1.54, 1.807) is 6.20 Å². The minimum atomic E-state index is 0.649. The normalized spacial score (nSPS) is 28.8. The average Bonchev–Trinajstić information content (AvgIpc) is 2.45. The van der Waals surface area contributed by atoms with E-state index in [-0.39, 0.29) is 0 Å². The molecule has 1 aliphatic carbocycles. The van der Waals surface area contributed by atoms with Crippen LogP contribution in [0.2, 0.25) is 0 Å². The second-order valence-electron chi connectivity index (χ2n) is 5.32. The lowest BCUT2D eigenvalue weighted by molar-refractivity contribution is 0.311. The number of rotatable bonds is 2. The van der Waals surface area contributed by atoms with Crippen LogP contribution in [0.15, 0.2) is 17.3 Å². The summed E-state index contributed by atoms with van der Waals surface area (Å²) in [5.74, 6) is 2.88. The zero-order valence-electron chi connectivity index (χ0n) is 11.3. The molecule has 2 atom stereocenters. The molecule has 1 aromatic heterocycles. The van der Waals surface area contributed by atoms with Crippen molar-refractivity contribution in [3.05, 3.63) is 23.8 Å². The van der Waals surface area contributed by atoms with E-state index in [0.717, 1.165) is 22.6 Å². The first-order chi connectivity index (χ1) is 9.31. The zero-order chi connectivity index (χ0) is 13.1. The maximum Gasteiger partial charge on any atom is 0.157 e. The molecule has 2 fully saturated rings. The van der Waals surface area contributed by atoms with Crippen molar-refractivity contribution < 1.29 is 0 Å². The van der Waals surface area contributed by atoms with Crippen molar-refractivity contribution in [1.82, 2.24) is 15.3 Å². The van der Waals surface area contributed by atoms with Crippen LogP contribution >= 0.6 is 11.8 Å². The summed E-state index contributed by atoms with van der Waals surface area (Å²) in [7, 11) is 0. The van der Waals surface area contributed by atoms with Crippen LogP contribution in [0.5, 0.6) is 0 Å². The van der Waals surface area contributed by atoms with E-state index < -0.39 is 0 Å². The van der Waals surface area contributed by atoms with Crippen molar-refractivity contribution in [3.8, 4) is 0 Å². The first-order valence-corrected chi connectivity index (χ1v) is 8.02. The lowest BCUT2D eigenvalue weighted by Gasteiger charge is -2.36. The molecule has 19 heavy (non-hydrogen) atoms. The number of nitrogens with one attached hydrogen (secondary N) is 1. The molecule has 1 saturated heterocycles. The van der Waals surface area contributed by atoms with E-state index in [9.17, 15) is 0 Å². The van der Waals surface area contributed by atoms with E-state index >= 15 is 0 Å². The predicted molar refractivity (Wildman–Crippen MR) is 79.2 cm³/mol. The van der Waals surface area contributed by atoms with Crippen LogP contribution in [0.4, 0.5) is 0 Å². The van der Waals surface area contributed by atoms with Crippen molar-refractivity contribution in [2.45, 2.75) is 45.2 Å². The second kappa shape index (κ2) is 5.90. The Hall–Kier alpha value is -1.10. The molecule has 3 rings (SSSR count).